The topological polar surface area (TPSA) is 74.6 Å². The summed E-state index contributed by atoms with van der Waals surface area (Å²) < 4.78 is 0. The Morgan fingerprint density at radius 3 is 0.980 bits per heavy atom. The first kappa shape index (κ1) is 43.3. The van der Waals surface area contributed by atoms with Gasteiger partial charge in [0.2, 0.25) is 0 Å². The Labute approximate surface area is 306 Å². The van der Waals surface area contributed by atoms with Gasteiger partial charge >= 0.3 is 11.9 Å². The quantitative estimate of drug-likeness (QED) is 0.0567. The van der Waals surface area contributed by atoms with Crippen molar-refractivity contribution in [2.45, 2.75) is 193 Å². The van der Waals surface area contributed by atoms with E-state index in [0.29, 0.717) is 12.8 Å². The minimum atomic E-state index is -0.670. The highest BCUT2D eigenvalue weighted by molar-refractivity contribution is 5.83. The maximum absolute atomic E-state index is 10.5. The molecule has 4 heteroatoms. The third-order valence-electron chi connectivity index (χ3n) is 10.00. The number of aliphatic carboxylic acids is 2. The van der Waals surface area contributed by atoms with Crippen LogP contribution < -0.4 is 0 Å². The van der Waals surface area contributed by atoms with Crippen LogP contribution >= 0.6 is 0 Å². The van der Waals surface area contributed by atoms with Gasteiger partial charge < -0.3 is 10.2 Å². The molecule has 0 aromatic heterocycles. The van der Waals surface area contributed by atoms with Crippen molar-refractivity contribution in [2.24, 2.45) is 0 Å². The Balaban J connectivity index is 1.40. The molecule has 2 N–H and O–H groups in total. The maximum Gasteiger partial charge on any atom is 0.303 e. The lowest BCUT2D eigenvalue weighted by atomic mass is 9.98. The van der Waals surface area contributed by atoms with E-state index < -0.39 is 11.9 Å². The SMILES string of the molecule is O=C(O)CCCCCCC/C=C\CCCCCCCCc1ccc2cc(CCCCCCCC/C=C\CCCCCCCC(=O)O)ccc2c1. The number of hydrogen-bond acceptors (Lipinski definition) is 2. The number of carbonyl (C=O) groups is 2. The molecule has 0 amide bonds. The van der Waals surface area contributed by atoms with Crippen LogP contribution in [0.15, 0.2) is 60.7 Å². The molecule has 2 aromatic rings. The van der Waals surface area contributed by atoms with Gasteiger partial charge in [0.25, 0.3) is 0 Å². The third-order valence-corrected chi connectivity index (χ3v) is 10.00. The summed E-state index contributed by atoms with van der Waals surface area (Å²) in [5.41, 5.74) is 2.96. The van der Waals surface area contributed by atoms with Crippen molar-refractivity contribution in [3.05, 3.63) is 71.8 Å². The Hall–Kier alpha value is -2.88. The van der Waals surface area contributed by atoms with Crippen LogP contribution in [0.25, 0.3) is 10.8 Å². The summed E-state index contributed by atoms with van der Waals surface area (Å²) in [6.45, 7) is 0. The van der Waals surface area contributed by atoms with Gasteiger partial charge in [-0.2, -0.15) is 0 Å². The van der Waals surface area contributed by atoms with Gasteiger partial charge in [-0.1, -0.05) is 151 Å². The molecule has 0 aliphatic heterocycles. The van der Waals surface area contributed by atoms with Crippen molar-refractivity contribution in [2.75, 3.05) is 0 Å². The highest BCUT2D eigenvalue weighted by Crippen LogP contribution is 2.21. The fourth-order valence-electron chi connectivity index (χ4n) is 6.86. The molecule has 280 valence electrons. The average Bonchev–Trinajstić information content (AvgIpc) is 3.10. The average molecular weight is 689 g/mol. The van der Waals surface area contributed by atoms with E-state index in [1.165, 1.54) is 163 Å². The van der Waals surface area contributed by atoms with Crippen LogP contribution in [0.5, 0.6) is 0 Å². The largest absolute Gasteiger partial charge is 0.481 e. The Morgan fingerprint density at radius 2 is 0.660 bits per heavy atom. The number of unbranched alkanes of at least 4 members (excludes halogenated alkanes) is 22. The van der Waals surface area contributed by atoms with Crippen LogP contribution in [-0.2, 0) is 22.4 Å². The standard InChI is InChI=1S/C46H72O4/c47-45(48)33-29-25-21-17-13-9-5-1-3-7-11-15-19-23-27-31-41-35-37-44-40-42(36-38-43(44)39-41)32-28-24-20-16-12-8-4-2-6-10-14-18-22-26-30-34-46(49)50/h1-2,5-6,35-40H,3-4,7-34H2,(H,47,48)(H,49,50)/b5-1-,6-2-. The molecule has 2 aromatic carbocycles. The zero-order valence-electron chi connectivity index (χ0n) is 31.7. The van der Waals surface area contributed by atoms with Crippen molar-refractivity contribution in [3.63, 3.8) is 0 Å². The van der Waals surface area contributed by atoms with Crippen molar-refractivity contribution in [1.82, 2.24) is 0 Å². The highest BCUT2D eigenvalue weighted by Gasteiger charge is 2.02. The fourth-order valence-corrected chi connectivity index (χ4v) is 6.86. The van der Waals surface area contributed by atoms with Crippen molar-refractivity contribution >= 4 is 22.7 Å². The first-order valence-electron chi connectivity index (χ1n) is 20.8. The minimum absolute atomic E-state index is 0.318. The van der Waals surface area contributed by atoms with Crippen LogP contribution in [0.4, 0.5) is 0 Å². The van der Waals surface area contributed by atoms with E-state index in [0.717, 1.165) is 38.5 Å². The number of aryl methyl sites for hydroxylation is 2. The molecule has 0 saturated heterocycles. The second kappa shape index (κ2) is 30.9. The Morgan fingerprint density at radius 1 is 0.380 bits per heavy atom. The van der Waals surface area contributed by atoms with E-state index in [-0.39, 0.29) is 0 Å². The lowest BCUT2D eigenvalue weighted by Gasteiger charge is -2.07. The van der Waals surface area contributed by atoms with Gasteiger partial charge in [-0.25, -0.2) is 0 Å². The fraction of sp³-hybridized carbons (Fsp3) is 0.652. The number of hydrogen-bond donors (Lipinski definition) is 2. The van der Waals surface area contributed by atoms with E-state index in [4.69, 9.17) is 10.2 Å². The van der Waals surface area contributed by atoms with Crippen molar-refractivity contribution in [3.8, 4) is 0 Å². The van der Waals surface area contributed by atoms with E-state index in [2.05, 4.69) is 60.7 Å². The molecule has 0 radical (unpaired) electrons. The van der Waals surface area contributed by atoms with Crippen LogP contribution in [-0.4, -0.2) is 22.2 Å². The molecule has 0 atom stereocenters. The van der Waals surface area contributed by atoms with E-state index in [1.807, 2.05) is 0 Å². The Kier molecular flexibility index (Phi) is 26.8. The van der Waals surface area contributed by atoms with Gasteiger partial charge in [0, 0.05) is 12.8 Å². The van der Waals surface area contributed by atoms with E-state index in [1.54, 1.807) is 0 Å². The number of carboxylic acids is 2. The van der Waals surface area contributed by atoms with Crippen LogP contribution in [0.3, 0.4) is 0 Å². The van der Waals surface area contributed by atoms with Crippen LogP contribution in [0, 0.1) is 0 Å². The predicted molar refractivity (Wildman–Crippen MR) is 214 cm³/mol. The van der Waals surface area contributed by atoms with Crippen molar-refractivity contribution in [1.29, 1.82) is 0 Å². The zero-order valence-corrected chi connectivity index (χ0v) is 31.7. The summed E-state index contributed by atoms with van der Waals surface area (Å²) >= 11 is 0. The van der Waals surface area contributed by atoms with Crippen LogP contribution in [0.1, 0.15) is 191 Å². The summed E-state index contributed by atoms with van der Waals surface area (Å²) in [4.78, 5) is 21.0. The first-order valence-corrected chi connectivity index (χ1v) is 20.8. The first-order chi connectivity index (χ1) is 24.5. The minimum Gasteiger partial charge on any atom is -0.481 e. The summed E-state index contributed by atoms with van der Waals surface area (Å²) in [5.74, 6) is -1.34. The normalized spacial score (nSPS) is 11.8. The molecule has 0 spiro atoms. The lowest BCUT2D eigenvalue weighted by molar-refractivity contribution is -0.138. The number of carboxylic acid groups (broad SMARTS) is 2. The molecule has 0 aliphatic rings. The molecule has 50 heavy (non-hydrogen) atoms. The monoisotopic (exact) mass is 689 g/mol. The maximum atomic E-state index is 10.5. The number of fused-ring (bicyclic) bond motifs is 1. The zero-order chi connectivity index (χ0) is 35.7. The summed E-state index contributed by atoms with van der Waals surface area (Å²) in [6, 6.07) is 14.2. The highest BCUT2D eigenvalue weighted by atomic mass is 16.4. The van der Waals surface area contributed by atoms with Gasteiger partial charge in [-0.3, -0.25) is 9.59 Å². The van der Waals surface area contributed by atoms with Crippen molar-refractivity contribution < 1.29 is 19.8 Å². The van der Waals surface area contributed by atoms with E-state index >= 15 is 0 Å². The molecular formula is C46H72O4. The summed E-state index contributed by atoms with van der Waals surface area (Å²) in [6.07, 6.45) is 44.1. The van der Waals surface area contributed by atoms with Gasteiger partial charge in [-0.05, 0) is 112 Å². The summed E-state index contributed by atoms with van der Waals surface area (Å²) in [5, 5.41) is 20.1. The number of rotatable bonds is 34. The Bertz CT molecular complexity index is 1100. The van der Waals surface area contributed by atoms with Gasteiger partial charge in [0.05, 0.1) is 0 Å². The van der Waals surface area contributed by atoms with Gasteiger partial charge in [-0.15, -0.1) is 0 Å². The van der Waals surface area contributed by atoms with Gasteiger partial charge in [0.1, 0.15) is 0 Å². The lowest BCUT2D eigenvalue weighted by Crippen LogP contribution is -1.93. The second-order valence-corrected chi connectivity index (χ2v) is 14.7. The smallest absolute Gasteiger partial charge is 0.303 e. The van der Waals surface area contributed by atoms with E-state index in [9.17, 15) is 9.59 Å². The molecule has 2 rings (SSSR count). The molecule has 0 unspecified atom stereocenters. The van der Waals surface area contributed by atoms with Gasteiger partial charge in [0.15, 0.2) is 0 Å². The number of benzene rings is 2. The molecule has 0 aliphatic carbocycles. The molecule has 0 saturated carbocycles. The van der Waals surface area contributed by atoms with Crippen LogP contribution in [0.2, 0.25) is 0 Å². The molecule has 0 bridgehead atoms. The molecule has 4 nitrogen and oxygen atoms in total. The predicted octanol–water partition coefficient (Wildman–Crippen LogP) is 14.1. The summed E-state index contributed by atoms with van der Waals surface area (Å²) in [7, 11) is 0. The molecule has 0 heterocycles. The number of allylic oxidation sites excluding steroid dienone is 4. The molecular weight excluding hydrogens is 617 g/mol. The third kappa shape index (κ3) is 25.1. The second-order valence-electron chi connectivity index (χ2n) is 14.7. The molecule has 0 fully saturated rings.